The molecule has 5 aromatic rings. The monoisotopic (exact) mass is 541 g/mol. The van der Waals surface area contributed by atoms with Crippen molar-refractivity contribution in [3.63, 3.8) is 0 Å². The Kier molecular flexibility index (Phi) is 6.76. The lowest BCUT2D eigenvalue weighted by Crippen LogP contribution is -2.47. The third-order valence-electron chi connectivity index (χ3n) is 6.51. The maximum atomic E-state index is 6.71. The molecule has 1 saturated heterocycles. The van der Waals surface area contributed by atoms with Crippen molar-refractivity contribution in [2.75, 3.05) is 41.3 Å². The van der Waals surface area contributed by atoms with Crippen LogP contribution < -0.4 is 19.9 Å². The number of ether oxygens (including phenoxy) is 1. The van der Waals surface area contributed by atoms with Crippen molar-refractivity contribution in [3.05, 3.63) is 77.2 Å². The minimum atomic E-state index is 0.194. The van der Waals surface area contributed by atoms with Gasteiger partial charge in [-0.1, -0.05) is 23.7 Å². The molecule has 198 valence electrons. The number of aromatic nitrogens is 6. The average molecular weight is 542 g/mol. The number of nitrogens with one attached hydrogen (secondary N) is 3. The Morgan fingerprint density at radius 3 is 2.56 bits per heavy atom. The molecule has 0 bridgehead atoms. The summed E-state index contributed by atoms with van der Waals surface area (Å²) in [6, 6.07) is 15.7. The van der Waals surface area contributed by atoms with Gasteiger partial charge >= 0.3 is 6.01 Å². The summed E-state index contributed by atoms with van der Waals surface area (Å²) in [7, 11) is 0. The highest BCUT2D eigenvalue weighted by Gasteiger charge is 2.21. The summed E-state index contributed by atoms with van der Waals surface area (Å²) < 4.78 is 6.18. The van der Waals surface area contributed by atoms with Crippen LogP contribution in [0.1, 0.15) is 18.3 Å². The van der Waals surface area contributed by atoms with Crippen molar-refractivity contribution in [1.29, 1.82) is 0 Å². The largest absolute Gasteiger partial charge is 0.423 e. The number of nitrogens with zero attached hydrogens (tertiary/aromatic N) is 6. The van der Waals surface area contributed by atoms with Crippen molar-refractivity contribution in [2.24, 2.45) is 0 Å². The van der Waals surface area contributed by atoms with Gasteiger partial charge in [-0.2, -0.15) is 15.1 Å². The summed E-state index contributed by atoms with van der Waals surface area (Å²) >= 11 is 6.71. The number of fused-ring (bicyclic) bond motifs is 1. The standard InChI is InChI=1S/C28H28ClN9O/c1-3-6-19-16-24(36-35-19)32-23-17-26(38-13-11-37(12-14-38)25-7-4-5-10-30-25)34-28(33-23)39-22-9-8-21-20(27(22)29)15-18(2)31-21/h3-10,15-17,31H,11-14H2,1-2H3,(H2,32,33,34,35,36)/b6-3+. The van der Waals surface area contributed by atoms with Crippen LogP contribution in [0, 0.1) is 6.92 Å². The number of halogens is 1. The highest BCUT2D eigenvalue weighted by Crippen LogP contribution is 2.36. The molecule has 0 atom stereocenters. The van der Waals surface area contributed by atoms with Gasteiger partial charge in [0.15, 0.2) is 5.82 Å². The second kappa shape index (κ2) is 10.7. The average Bonchev–Trinajstić information content (AvgIpc) is 3.57. The maximum Gasteiger partial charge on any atom is 0.325 e. The molecule has 1 fully saturated rings. The van der Waals surface area contributed by atoms with Gasteiger partial charge in [0.1, 0.15) is 23.2 Å². The number of piperazine rings is 1. The number of aromatic amines is 2. The van der Waals surface area contributed by atoms with E-state index in [4.69, 9.17) is 21.3 Å². The normalized spacial score (nSPS) is 13.9. The minimum Gasteiger partial charge on any atom is -0.423 e. The van der Waals surface area contributed by atoms with Crippen LogP contribution in [0.3, 0.4) is 0 Å². The van der Waals surface area contributed by atoms with Gasteiger partial charge in [-0.3, -0.25) is 5.10 Å². The van der Waals surface area contributed by atoms with Crippen LogP contribution in [0.2, 0.25) is 5.02 Å². The maximum absolute atomic E-state index is 6.71. The lowest BCUT2D eigenvalue weighted by Gasteiger charge is -2.36. The number of allylic oxidation sites excluding steroid dienone is 1. The van der Waals surface area contributed by atoms with Crippen LogP contribution >= 0.6 is 11.6 Å². The van der Waals surface area contributed by atoms with Gasteiger partial charge in [0.05, 0.1) is 10.7 Å². The molecule has 5 heterocycles. The highest BCUT2D eigenvalue weighted by molar-refractivity contribution is 6.37. The minimum absolute atomic E-state index is 0.194. The fourth-order valence-corrected chi connectivity index (χ4v) is 4.91. The molecule has 11 heteroatoms. The summed E-state index contributed by atoms with van der Waals surface area (Å²) in [4.78, 5) is 21.7. The molecular formula is C28H28ClN9O. The molecule has 0 radical (unpaired) electrons. The van der Waals surface area contributed by atoms with E-state index in [0.29, 0.717) is 22.4 Å². The molecule has 0 spiro atoms. The predicted octanol–water partition coefficient (Wildman–Crippen LogP) is 5.93. The van der Waals surface area contributed by atoms with Crippen LogP contribution in [0.4, 0.5) is 23.3 Å². The van der Waals surface area contributed by atoms with Crippen LogP contribution in [-0.2, 0) is 0 Å². The Bertz CT molecular complexity index is 1620. The molecule has 1 aromatic carbocycles. The van der Waals surface area contributed by atoms with Crippen molar-refractivity contribution in [1.82, 2.24) is 30.1 Å². The summed E-state index contributed by atoms with van der Waals surface area (Å²) in [6.45, 7) is 7.14. The molecule has 1 aliphatic rings. The number of rotatable bonds is 7. The van der Waals surface area contributed by atoms with E-state index in [9.17, 15) is 0 Å². The van der Waals surface area contributed by atoms with E-state index in [2.05, 4.69) is 40.3 Å². The van der Waals surface area contributed by atoms with E-state index >= 15 is 0 Å². The topological polar surface area (TPSA) is 111 Å². The number of benzene rings is 1. The molecule has 1 aliphatic heterocycles. The van der Waals surface area contributed by atoms with Crippen LogP contribution in [-0.4, -0.2) is 56.3 Å². The van der Waals surface area contributed by atoms with E-state index in [1.807, 2.05) is 80.7 Å². The van der Waals surface area contributed by atoms with Gasteiger partial charge in [-0.25, -0.2) is 4.98 Å². The summed E-state index contributed by atoms with van der Waals surface area (Å²) in [5.74, 6) is 3.42. The Morgan fingerprint density at radius 2 is 1.79 bits per heavy atom. The first kappa shape index (κ1) is 24.7. The second-order valence-corrected chi connectivity index (χ2v) is 9.66. The second-order valence-electron chi connectivity index (χ2n) is 9.28. The first-order valence-electron chi connectivity index (χ1n) is 12.8. The number of anilines is 4. The van der Waals surface area contributed by atoms with Crippen LogP contribution in [0.5, 0.6) is 11.8 Å². The third kappa shape index (κ3) is 5.37. The number of hydrogen-bond acceptors (Lipinski definition) is 8. The number of H-pyrrole nitrogens is 2. The van der Waals surface area contributed by atoms with Gasteiger partial charge < -0.3 is 24.8 Å². The third-order valence-corrected chi connectivity index (χ3v) is 6.90. The number of aryl methyl sites for hydroxylation is 1. The zero-order valence-electron chi connectivity index (χ0n) is 21.6. The zero-order valence-corrected chi connectivity index (χ0v) is 22.4. The summed E-state index contributed by atoms with van der Waals surface area (Å²) in [5, 5.41) is 12.0. The first-order chi connectivity index (χ1) is 19.1. The summed E-state index contributed by atoms with van der Waals surface area (Å²) in [5.41, 5.74) is 2.86. The first-order valence-corrected chi connectivity index (χ1v) is 13.1. The SMILES string of the molecule is C/C=C/c1cc(Nc2cc(N3CCN(c4ccccn4)CC3)nc(Oc3ccc4[nH]c(C)cc4c3Cl)n2)n[nH]1. The van der Waals surface area contributed by atoms with E-state index in [0.717, 1.165) is 60.1 Å². The van der Waals surface area contributed by atoms with Gasteiger partial charge in [0.25, 0.3) is 0 Å². The van der Waals surface area contributed by atoms with Crippen molar-refractivity contribution >= 4 is 51.9 Å². The fourth-order valence-electron chi connectivity index (χ4n) is 4.65. The Labute approximate surface area is 230 Å². The number of hydrogen-bond donors (Lipinski definition) is 3. The molecule has 0 unspecified atom stereocenters. The highest BCUT2D eigenvalue weighted by atomic mass is 35.5. The quantitative estimate of drug-likeness (QED) is 0.232. The van der Waals surface area contributed by atoms with Gasteiger partial charge in [-0.05, 0) is 50.3 Å². The fraction of sp³-hybridized carbons (Fsp3) is 0.214. The van der Waals surface area contributed by atoms with E-state index in [-0.39, 0.29) is 6.01 Å². The van der Waals surface area contributed by atoms with Gasteiger partial charge in [0, 0.05) is 61.1 Å². The van der Waals surface area contributed by atoms with E-state index in [1.165, 1.54) is 0 Å². The zero-order chi connectivity index (χ0) is 26.8. The molecule has 0 amide bonds. The Morgan fingerprint density at radius 1 is 0.974 bits per heavy atom. The van der Waals surface area contributed by atoms with Crippen molar-refractivity contribution in [2.45, 2.75) is 13.8 Å². The molecule has 4 aromatic heterocycles. The molecule has 6 rings (SSSR count). The smallest absolute Gasteiger partial charge is 0.325 e. The van der Waals surface area contributed by atoms with Crippen molar-refractivity contribution in [3.8, 4) is 11.8 Å². The van der Waals surface area contributed by atoms with E-state index in [1.54, 1.807) is 0 Å². The van der Waals surface area contributed by atoms with Gasteiger partial charge in [-0.15, -0.1) is 0 Å². The van der Waals surface area contributed by atoms with Crippen LogP contribution in [0.25, 0.3) is 17.0 Å². The lowest BCUT2D eigenvalue weighted by molar-refractivity contribution is 0.443. The molecule has 10 nitrogen and oxygen atoms in total. The molecule has 3 N–H and O–H groups in total. The van der Waals surface area contributed by atoms with E-state index < -0.39 is 0 Å². The Hall–Kier alpha value is -4.57. The predicted molar refractivity (Wildman–Crippen MR) is 155 cm³/mol. The molecule has 0 aliphatic carbocycles. The lowest BCUT2D eigenvalue weighted by atomic mass is 10.2. The summed E-state index contributed by atoms with van der Waals surface area (Å²) in [6.07, 6.45) is 5.71. The molecular weight excluding hydrogens is 514 g/mol. The Balaban J connectivity index is 1.29. The molecule has 39 heavy (non-hydrogen) atoms. The van der Waals surface area contributed by atoms with Crippen molar-refractivity contribution < 1.29 is 4.74 Å². The number of pyridine rings is 1. The van der Waals surface area contributed by atoms with Crippen LogP contribution in [0.15, 0.2) is 60.8 Å². The molecule has 0 saturated carbocycles. The van der Waals surface area contributed by atoms with Gasteiger partial charge in [0.2, 0.25) is 0 Å².